The predicted molar refractivity (Wildman–Crippen MR) is 78.4 cm³/mol. The number of benzene rings is 1. The van der Waals surface area contributed by atoms with Crippen molar-refractivity contribution in [3.8, 4) is 0 Å². The average Bonchev–Trinajstić information content (AvgIpc) is 2.36. The molecule has 2 heteroatoms. The monoisotopic (exact) mass is 259 g/mol. The van der Waals surface area contributed by atoms with Crippen LogP contribution in [0.4, 0.5) is 0 Å². The van der Waals surface area contributed by atoms with E-state index in [1.54, 1.807) is 0 Å². The molecule has 1 N–H and O–H groups in total. The first kappa shape index (κ1) is 13.1. The Hall–Kier alpha value is -0.860. The molecule has 2 aliphatic rings. The van der Waals surface area contributed by atoms with Crippen LogP contribution in [0.1, 0.15) is 56.7 Å². The van der Waals surface area contributed by atoms with E-state index in [0.717, 1.165) is 0 Å². The Kier molecular flexibility index (Phi) is 3.40. The van der Waals surface area contributed by atoms with Crippen molar-refractivity contribution in [3.63, 3.8) is 0 Å². The fraction of sp³-hybridized carbons (Fsp3) is 0.647. The molecule has 2 aliphatic carbocycles. The third kappa shape index (κ3) is 2.44. The van der Waals surface area contributed by atoms with Crippen molar-refractivity contribution in [2.45, 2.75) is 63.1 Å². The van der Waals surface area contributed by atoms with Gasteiger partial charge in [0, 0.05) is 19.2 Å². The molecule has 104 valence electrons. The van der Waals surface area contributed by atoms with E-state index in [-0.39, 0.29) is 0 Å². The van der Waals surface area contributed by atoms with Crippen LogP contribution in [0.2, 0.25) is 0 Å². The standard InChI is InChI=1S/C17H25NO/c1-17(2)9-8-16(14-6-4-5-7-15(14)17)18-12-10-13(11-12)19-3/h4-7,12-13,16,18H,8-11H2,1-3H3. The van der Waals surface area contributed by atoms with Gasteiger partial charge in [-0.25, -0.2) is 0 Å². The highest BCUT2D eigenvalue weighted by Crippen LogP contribution is 2.42. The minimum absolute atomic E-state index is 0.323. The lowest BCUT2D eigenvalue weighted by Gasteiger charge is -2.42. The normalized spacial score (nSPS) is 32.5. The molecule has 0 spiro atoms. The van der Waals surface area contributed by atoms with Gasteiger partial charge in [-0.3, -0.25) is 0 Å². The average molecular weight is 259 g/mol. The van der Waals surface area contributed by atoms with Gasteiger partial charge < -0.3 is 10.1 Å². The third-order valence-corrected chi connectivity index (χ3v) is 4.99. The number of methoxy groups -OCH3 is 1. The second-order valence-corrected chi connectivity index (χ2v) is 6.76. The van der Waals surface area contributed by atoms with Crippen LogP contribution < -0.4 is 5.32 Å². The maximum atomic E-state index is 5.37. The van der Waals surface area contributed by atoms with E-state index in [9.17, 15) is 0 Å². The summed E-state index contributed by atoms with van der Waals surface area (Å²) in [6.45, 7) is 4.73. The van der Waals surface area contributed by atoms with Crippen molar-refractivity contribution in [1.29, 1.82) is 0 Å². The molecular formula is C17H25NO. The summed E-state index contributed by atoms with van der Waals surface area (Å²) in [6.07, 6.45) is 5.32. The lowest BCUT2D eigenvalue weighted by Crippen LogP contribution is -2.47. The number of hydrogen-bond acceptors (Lipinski definition) is 2. The molecule has 0 aromatic heterocycles. The minimum Gasteiger partial charge on any atom is -0.381 e. The highest BCUT2D eigenvalue weighted by Gasteiger charge is 2.36. The van der Waals surface area contributed by atoms with E-state index < -0.39 is 0 Å². The Balaban J connectivity index is 1.74. The molecule has 0 heterocycles. The summed E-state index contributed by atoms with van der Waals surface area (Å²) in [6, 6.07) is 10.1. The molecule has 1 aromatic carbocycles. The summed E-state index contributed by atoms with van der Waals surface area (Å²) in [5.41, 5.74) is 3.37. The SMILES string of the molecule is COC1CC(NC2CCC(C)(C)c3ccccc32)C1. The lowest BCUT2D eigenvalue weighted by molar-refractivity contribution is 0.0131. The van der Waals surface area contributed by atoms with Crippen LogP contribution in [0, 0.1) is 0 Å². The van der Waals surface area contributed by atoms with Gasteiger partial charge in [-0.1, -0.05) is 38.1 Å². The number of ether oxygens (including phenoxy) is 1. The smallest absolute Gasteiger partial charge is 0.0601 e. The number of fused-ring (bicyclic) bond motifs is 1. The van der Waals surface area contributed by atoms with Gasteiger partial charge in [-0.05, 0) is 42.2 Å². The quantitative estimate of drug-likeness (QED) is 0.896. The summed E-state index contributed by atoms with van der Waals surface area (Å²) < 4.78 is 5.37. The summed E-state index contributed by atoms with van der Waals surface area (Å²) >= 11 is 0. The van der Waals surface area contributed by atoms with Crippen LogP contribution in [0.3, 0.4) is 0 Å². The molecule has 0 aliphatic heterocycles. The molecule has 0 bridgehead atoms. The number of hydrogen-bond donors (Lipinski definition) is 1. The zero-order chi connectivity index (χ0) is 13.5. The summed E-state index contributed by atoms with van der Waals surface area (Å²) in [5, 5.41) is 3.83. The Morgan fingerprint density at radius 2 is 1.95 bits per heavy atom. The second kappa shape index (κ2) is 4.92. The van der Waals surface area contributed by atoms with Crippen molar-refractivity contribution in [2.24, 2.45) is 0 Å². The Labute approximate surface area is 116 Å². The van der Waals surface area contributed by atoms with Crippen LogP contribution in [0.15, 0.2) is 24.3 Å². The van der Waals surface area contributed by atoms with Crippen LogP contribution in [0.25, 0.3) is 0 Å². The lowest BCUT2D eigenvalue weighted by atomic mass is 9.70. The van der Waals surface area contributed by atoms with E-state index in [1.165, 1.54) is 36.8 Å². The van der Waals surface area contributed by atoms with Crippen molar-refractivity contribution in [3.05, 3.63) is 35.4 Å². The first-order valence-electron chi connectivity index (χ1n) is 7.48. The summed E-state index contributed by atoms with van der Waals surface area (Å²) in [7, 11) is 1.82. The minimum atomic E-state index is 0.323. The van der Waals surface area contributed by atoms with Crippen molar-refractivity contribution < 1.29 is 4.74 Å². The van der Waals surface area contributed by atoms with Crippen molar-refractivity contribution >= 4 is 0 Å². The third-order valence-electron chi connectivity index (χ3n) is 4.99. The first-order chi connectivity index (χ1) is 9.10. The van der Waals surface area contributed by atoms with Crippen LogP contribution in [-0.4, -0.2) is 19.3 Å². The Bertz CT molecular complexity index is 448. The molecule has 0 radical (unpaired) electrons. The molecule has 2 nitrogen and oxygen atoms in total. The van der Waals surface area contributed by atoms with Gasteiger partial charge in [0.15, 0.2) is 0 Å². The van der Waals surface area contributed by atoms with E-state index in [2.05, 4.69) is 43.4 Å². The van der Waals surface area contributed by atoms with E-state index in [0.29, 0.717) is 23.6 Å². The van der Waals surface area contributed by atoms with E-state index >= 15 is 0 Å². The van der Waals surface area contributed by atoms with Crippen molar-refractivity contribution in [1.82, 2.24) is 5.32 Å². The van der Waals surface area contributed by atoms with Crippen LogP contribution >= 0.6 is 0 Å². The van der Waals surface area contributed by atoms with E-state index in [4.69, 9.17) is 4.74 Å². The van der Waals surface area contributed by atoms with Crippen LogP contribution in [0.5, 0.6) is 0 Å². The highest BCUT2D eigenvalue weighted by molar-refractivity contribution is 5.38. The molecule has 1 saturated carbocycles. The van der Waals surface area contributed by atoms with Gasteiger partial charge in [-0.15, -0.1) is 0 Å². The zero-order valence-corrected chi connectivity index (χ0v) is 12.3. The largest absolute Gasteiger partial charge is 0.381 e. The van der Waals surface area contributed by atoms with Gasteiger partial charge in [-0.2, -0.15) is 0 Å². The molecule has 0 amide bonds. The number of nitrogens with one attached hydrogen (secondary N) is 1. The molecule has 1 unspecified atom stereocenters. The molecule has 1 atom stereocenters. The highest BCUT2D eigenvalue weighted by atomic mass is 16.5. The Morgan fingerprint density at radius 1 is 1.21 bits per heavy atom. The van der Waals surface area contributed by atoms with Gasteiger partial charge in [0.1, 0.15) is 0 Å². The number of rotatable bonds is 3. The second-order valence-electron chi connectivity index (χ2n) is 6.76. The molecule has 19 heavy (non-hydrogen) atoms. The molecule has 1 fully saturated rings. The maximum absolute atomic E-state index is 5.37. The van der Waals surface area contributed by atoms with Crippen LogP contribution in [-0.2, 0) is 10.2 Å². The Morgan fingerprint density at radius 3 is 2.68 bits per heavy atom. The zero-order valence-electron chi connectivity index (χ0n) is 12.3. The fourth-order valence-electron chi connectivity index (χ4n) is 3.56. The first-order valence-corrected chi connectivity index (χ1v) is 7.48. The van der Waals surface area contributed by atoms with Crippen molar-refractivity contribution in [2.75, 3.05) is 7.11 Å². The van der Waals surface area contributed by atoms with Gasteiger partial charge in [0.25, 0.3) is 0 Å². The summed E-state index contributed by atoms with van der Waals surface area (Å²) in [5.74, 6) is 0. The van der Waals surface area contributed by atoms with Gasteiger partial charge in [0.2, 0.25) is 0 Å². The molecule has 1 aromatic rings. The van der Waals surface area contributed by atoms with Gasteiger partial charge in [0.05, 0.1) is 6.10 Å². The van der Waals surface area contributed by atoms with E-state index in [1.807, 2.05) is 7.11 Å². The fourth-order valence-corrected chi connectivity index (χ4v) is 3.56. The molecule has 0 saturated heterocycles. The van der Waals surface area contributed by atoms with Gasteiger partial charge >= 0.3 is 0 Å². The molecular weight excluding hydrogens is 234 g/mol. The molecule has 3 rings (SSSR count). The summed E-state index contributed by atoms with van der Waals surface area (Å²) in [4.78, 5) is 0. The topological polar surface area (TPSA) is 21.3 Å². The predicted octanol–water partition coefficient (Wildman–Crippen LogP) is 3.57. The maximum Gasteiger partial charge on any atom is 0.0601 e.